The molecule has 1 aliphatic heterocycles. The molecule has 1 unspecified atom stereocenters. The van der Waals surface area contributed by atoms with Crippen molar-refractivity contribution >= 4 is 27.3 Å². The first-order valence-corrected chi connectivity index (χ1v) is 8.84. The fourth-order valence-electron chi connectivity index (χ4n) is 2.27. The Labute approximate surface area is 136 Å². The number of nitrogens with one attached hydrogen (secondary N) is 2. The van der Waals surface area contributed by atoms with Crippen molar-refractivity contribution in [1.82, 2.24) is 5.32 Å². The van der Waals surface area contributed by atoms with Gasteiger partial charge in [0, 0.05) is 11.3 Å². The summed E-state index contributed by atoms with van der Waals surface area (Å²) in [6.45, 7) is -1.46. The highest BCUT2D eigenvalue weighted by Gasteiger charge is 2.33. The van der Waals surface area contributed by atoms with Crippen molar-refractivity contribution in [1.29, 1.82) is 0 Å². The molecule has 2 rings (SSSR count). The number of anilines is 1. The minimum absolute atomic E-state index is 0.0453. The molecule has 0 spiro atoms. The number of alkyl halides is 3. The van der Waals surface area contributed by atoms with E-state index in [1.54, 1.807) is 5.32 Å². The third-order valence-corrected chi connectivity index (χ3v) is 5.21. The van der Waals surface area contributed by atoms with Crippen molar-refractivity contribution in [2.75, 3.05) is 23.4 Å². The van der Waals surface area contributed by atoms with Crippen LogP contribution in [0.4, 0.5) is 18.9 Å². The second-order valence-corrected chi connectivity index (χ2v) is 7.70. The number of benzene rings is 1. The average Bonchev–Trinajstić information content (AvgIpc) is 2.84. The van der Waals surface area contributed by atoms with Gasteiger partial charge in [0.2, 0.25) is 5.91 Å². The molecule has 1 aromatic rings. The lowest BCUT2D eigenvalue weighted by molar-refractivity contribution is -0.123. The van der Waals surface area contributed by atoms with Gasteiger partial charge in [0.1, 0.15) is 6.54 Å². The van der Waals surface area contributed by atoms with E-state index in [0.29, 0.717) is 0 Å². The zero-order chi connectivity index (χ0) is 18.0. The number of hydrogen-bond acceptors (Lipinski definition) is 4. The molecule has 2 N–H and O–H groups in total. The summed E-state index contributed by atoms with van der Waals surface area (Å²) in [5.41, 5.74) is 0.167. The van der Waals surface area contributed by atoms with E-state index in [-0.39, 0.29) is 29.2 Å². The molecule has 0 aliphatic carbocycles. The largest absolute Gasteiger partial charge is 0.405 e. The maximum atomic E-state index is 12.1. The quantitative estimate of drug-likeness (QED) is 0.844. The second kappa shape index (κ2) is 6.80. The minimum Gasteiger partial charge on any atom is -0.343 e. The molecular weight excluding hydrogens is 349 g/mol. The van der Waals surface area contributed by atoms with E-state index in [2.05, 4.69) is 5.32 Å². The van der Waals surface area contributed by atoms with E-state index in [0.717, 1.165) is 0 Å². The van der Waals surface area contributed by atoms with Gasteiger partial charge in [0.25, 0.3) is 5.91 Å². The number of halogens is 3. The van der Waals surface area contributed by atoms with Crippen LogP contribution in [0.1, 0.15) is 16.8 Å². The van der Waals surface area contributed by atoms with Crippen LogP contribution in [0.25, 0.3) is 0 Å². The Hall–Kier alpha value is -2.10. The van der Waals surface area contributed by atoms with E-state index in [1.165, 1.54) is 24.3 Å². The fraction of sp³-hybridized carbons (Fsp3) is 0.429. The Balaban J connectivity index is 2.00. The minimum atomic E-state index is -4.52. The van der Waals surface area contributed by atoms with Crippen molar-refractivity contribution in [3.05, 3.63) is 29.8 Å². The summed E-state index contributed by atoms with van der Waals surface area (Å²) in [7, 11) is -3.21. The first kappa shape index (κ1) is 18.2. The van der Waals surface area contributed by atoms with Gasteiger partial charge < -0.3 is 10.6 Å². The summed E-state index contributed by atoms with van der Waals surface area (Å²) >= 11 is 0. The molecule has 0 saturated carbocycles. The number of rotatable bonds is 4. The lowest BCUT2D eigenvalue weighted by Gasteiger charge is -2.11. The molecule has 132 valence electrons. The first-order chi connectivity index (χ1) is 11.1. The third kappa shape index (κ3) is 5.22. The molecule has 0 radical (unpaired) electrons. The van der Waals surface area contributed by atoms with Crippen molar-refractivity contribution in [2.24, 2.45) is 5.92 Å². The average molecular weight is 364 g/mol. The van der Waals surface area contributed by atoms with Crippen LogP contribution in [0.5, 0.6) is 0 Å². The first-order valence-electron chi connectivity index (χ1n) is 7.02. The summed E-state index contributed by atoms with van der Waals surface area (Å²) in [6, 6.07) is 5.40. The van der Waals surface area contributed by atoms with Crippen LogP contribution in [-0.2, 0) is 14.6 Å². The van der Waals surface area contributed by atoms with Crippen LogP contribution in [0.3, 0.4) is 0 Å². The van der Waals surface area contributed by atoms with E-state index in [4.69, 9.17) is 0 Å². The van der Waals surface area contributed by atoms with Gasteiger partial charge in [-0.05, 0) is 24.6 Å². The molecule has 1 aliphatic rings. The van der Waals surface area contributed by atoms with Crippen LogP contribution in [0.15, 0.2) is 24.3 Å². The van der Waals surface area contributed by atoms with Crippen molar-refractivity contribution in [3.8, 4) is 0 Å². The van der Waals surface area contributed by atoms with E-state index in [1.807, 2.05) is 0 Å². The number of carbonyl (C=O) groups excluding carboxylic acids is 2. The molecule has 1 heterocycles. The molecule has 24 heavy (non-hydrogen) atoms. The molecule has 2 amide bonds. The second-order valence-electron chi connectivity index (χ2n) is 5.47. The standard InChI is InChI=1S/C14H15F3N2O4S/c15-14(16,17)8-18-12(20)9-2-1-3-11(6-9)19-13(21)10-4-5-24(22,23)7-10/h1-3,6,10H,4-5,7-8H2,(H,18,20)(H,19,21). The summed E-state index contributed by atoms with van der Waals surface area (Å²) in [6.07, 6.45) is -4.30. The number of amides is 2. The Morgan fingerprint density at radius 1 is 1.25 bits per heavy atom. The van der Waals surface area contributed by atoms with Crippen LogP contribution < -0.4 is 10.6 Å². The molecule has 1 saturated heterocycles. The van der Waals surface area contributed by atoms with Gasteiger partial charge >= 0.3 is 6.18 Å². The molecule has 0 bridgehead atoms. The SMILES string of the molecule is O=C(NCC(F)(F)F)c1cccc(NC(=O)C2CCS(=O)(=O)C2)c1. The van der Waals surface area contributed by atoms with Crippen LogP contribution in [0, 0.1) is 5.92 Å². The predicted molar refractivity (Wildman–Crippen MR) is 80.2 cm³/mol. The Kier molecular flexibility index (Phi) is 5.16. The number of hydrogen-bond donors (Lipinski definition) is 2. The van der Waals surface area contributed by atoms with Gasteiger partial charge in [-0.2, -0.15) is 13.2 Å². The summed E-state index contributed by atoms with van der Waals surface area (Å²) in [5, 5.41) is 4.21. The highest BCUT2D eigenvalue weighted by atomic mass is 32.2. The monoisotopic (exact) mass is 364 g/mol. The van der Waals surface area contributed by atoms with E-state index >= 15 is 0 Å². The normalized spacial score (nSPS) is 19.7. The fourth-order valence-corrected chi connectivity index (χ4v) is 4.01. The lowest BCUT2D eigenvalue weighted by atomic mass is 10.1. The molecule has 0 aromatic heterocycles. The van der Waals surface area contributed by atoms with Gasteiger partial charge in [-0.25, -0.2) is 8.42 Å². The van der Waals surface area contributed by atoms with Gasteiger partial charge in [-0.3, -0.25) is 9.59 Å². The molecule has 1 atom stereocenters. The third-order valence-electron chi connectivity index (χ3n) is 3.44. The number of sulfone groups is 1. The van der Waals surface area contributed by atoms with Gasteiger partial charge in [0.05, 0.1) is 17.4 Å². The maximum absolute atomic E-state index is 12.1. The molecule has 1 fully saturated rings. The van der Waals surface area contributed by atoms with Crippen molar-refractivity contribution < 1.29 is 31.2 Å². The van der Waals surface area contributed by atoms with Crippen molar-refractivity contribution in [2.45, 2.75) is 12.6 Å². The van der Waals surface area contributed by atoms with E-state index < -0.39 is 40.3 Å². The van der Waals surface area contributed by atoms with Gasteiger partial charge in [0.15, 0.2) is 9.84 Å². The molecular formula is C14H15F3N2O4S. The number of carbonyl (C=O) groups is 2. The molecule has 1 aromatic carbocycles. The Morgan fingerprint density at radius 2 is 1.96 bits per heavy atom. The van der Waals surface area contributed by atoms with Gasteiger partial charge in [-0.1, -0.05) is 6.07 Å². The van der Waals surface area contributed by atoms with Crippen molar-refractivity contribution in [3.63, 3.8) is 0 Å². The van der Waals surface area contributed by atoms with Crippen LogP contribution >= 0.6 is 0 Å². The summed E-state index contributed by atoms with van der Waals surface area (Å²) in [5.74, 6) is -2.37. The van der Waals surface area contributed by atoms with Crippen LogP contribution in [-0.4, -0.2) is 44.5 Å². The van der Waals surface area contributed by atoms with E-state index in [9.17, 15) is 31.2 Å². The Morgan fingerprint density at radius 3 is 2.54 bits per heavy atom. The topological polar surface area (TPSA) is 92.3 Å². The highest BCUT2D eigenvalue weighted by molar-refractivity contribution is 7.91. The van der Waals surface area contributed by atoms with Gasteiger partial charge in [-0.15, -0.1) is 0 Å². The predicted octanol–water partition coefficient (Wildman–Crippen LogP) is 1.35. The highest BCUT2D eigenvalue weighted by Crippen LogP contribution is 2.21. The zero-order valence-corrected chi connectivity index (χ0v) is 13.2. The van der Waals surface area contributed by atoms with Crippen LogP contribution in [0.2, 0.25) is 0 Å². The molecule has 6 nitrogen and oxygen atoms in total. The maximum Gasteiger partial charge on any atom is 0.405 e. The smallest absolute Gasteiger partial charge is 0.343 e. The summed E-state index contributed by atoms with van der Waals surface area (Å²) < 4.78 is 59.0. The Bertz CT molecular complexity index is 747. The zero-order valence-electron chi connectivity index (χ0n) is 12.4. The summed E-state index contributed by atoms with van der Waals surface area (Å²) in [4.78, 5) is 23.7. The molecule has 10 heteroatoms. The lowest BCUT2D eigenvalue weighted by Crippen LogP contribution is -2.33.